The van der Waals surface area contributed by atoms with E-state index >= 15 is 0 Å². The minimum absolute atomic E-state index is 0.234. The fourth-order valence-electron chi connectivity index (χ4n) is 2.06. The summed E-state index contributed by atoms with van der Waals surface area (Å²) in [5.41, 5.74) is 1.68. The topological polar surface area (TPSA) is 52.6 Å². The van der Waals surface area contributed by atoms with Crippen LogP contribution in [0.3, 0.4) is 0 Å². The molecule has 2 N–H and O–H groups in total. The van der Waals surface area contributed by atoms with Crippen LogP contribution in [0.2, 0.25) is 0 Å². The van der Waals surface area contributed by atoms with Gasteiger partial charge in [-0.25, -0.2) is 0 Å². The van der Waals surface area contributed by atoms with Gasteiger partial charge in [-0.1, -0.05) is 27.7 Å². The minimum Gasteiger partial charge on any atom is -0.375 e. The Morgan fingerprint density at radius 3 is 2.44 bits per heavy atom. The highest BCUT2D eigenvalue weighted by Crippen LogP contribution is 2.22. The zero-order valence-corrected chi connectivity index (χ0v) is 10.6. The molecule has 0 saturated carbocycles. The first kappa shape index (κ1) is 13.0. The van der Waals surface area contributed by atoms with Gasteiger partial charge in [-0.05, 0) is 25.2 Å². The Bertz CT molecular complexity index is 297. The molecular formula is C12H22N2O2. The van der Waals surface area contributed by atoms with E-state index < -0.39 is 0 Å². The van der Waals surface area contributed by atoms with Gasteiger partial charge in [0.1, 0.15) is 6.04 Å². The van der Waals surface area contributed by atoms with E-state index in [1.807, 2.05) is 13.8 Å². The Morgan fingerprint density at radius 1 is 1.38 bits per heavy atom. The van der Waals surface area contributed by atoms with Gasteiger partial charge in [-0.2, -0.15) is 5.06 Å². The predicted molar refractivity (Wildman–Crippen MR) is 62.6 cm³/mol. The van der Waals surface area contributed by atoms with Gasteiger partial charge in [0.05, 0.1) is 5.70 Å². The number of hydrogen-bond acceptors (Lipinski definition) is 3. The first-order valence-electron chi connectivity index (χ1n) is 6.02. The highest BCUT2D eigenvalue weighted by molar-refractivity contribution is 5.84. The smallest absolute Gasteiger partial charge is 0.272 e. The zero-order valence-electron chi connectivity index (χ0n) is 10.6. The van der Waals surface area contributed by atoms with Crippen LogP contribution in [-0.2, 0) is 4.79 Å². The summed E-state index contributed by atoms with van der Waals surface area (Å²) in [6.45, 7) is 8.10. The molecule has 4 heteroatoms. The monoisotopic (exact) mass is 226 g/mol. The van der Waals surface area contributed by atoms with Gasteiger partial charge in [0.25, 0.3) is 5.91 Å². The third-order valence-corrected chi connectivity index (χ3v) is 2.85. The van der Waals surface area contributed by atoms with Gasteiger partial charge in [0.15, 0.2) is 0 Å². The third-order valence-electron chi connectivity index (χ3n) is 2.85. The lowest BCUT2D eigenvalue weighted by Crippen LogP contribution is -2.50. The Balaban J connectivity index is 2.91. The fraction of sp³-hybridized carbons (Fsp3) is 0.750. The van der Waals surface area contributed by atoms with E-state index in [2.05, 4.69) is 19.2 Å². The number of carbonyl (C=O) groups is 1. The Labute approximate surface area is 97.3 Å². The van der Waals surface area contributed by atoms with Crippen molar-refractivity contribution >= 4 is 5.91 Å². The van der Waals surface area contributed by atoms with E-state index in [-0.39, 0.29) is 11.9 Å². The third kappa shape index (κ3) is 2.55. The van der Waals surface area contributed by atoms with Crippen LogP contribution < -0.4 is 5.32 Å². The SMILES string of the molecule is CCC1=C(CC)N(O)C(=O)C(CC(C)C)N1. The van der Waals surface area contributed by atoms with Crippen molar-refractivity contribution in [2.45, 2.75) is 53.0 Å². The molecule has 1 amide bonds. The van der Waals surface area contributed by atoms with Crippen LogP contribution in [0.1, 0.15) is 47.0 Å². The van der Waals surface area contributed by atoms with Gasteiger partial charge in [0.2, 0.25) is 0 Å². The van der Waals surface area contributed by atoms with Crippen molar-refractivity contribution in [3.05, 3.63) is 11.4 Å². The molecule has 1 unspecified atom stereocenters. The second-order valence-corrected chi connectivity index (χ2v) is 4.61. The number of hydrogen-bond donors (Lipinski definition) is 2. The number of nitrogens with one attached hydrogen (secondary N) is 1. The first-order chi connectivity index (χ1) is 7.51. The molecule has 0 fully saturated rings. The molecule has 0 bridgehead atoms. The van der Waals surface area contributed by atoms with Crippen LogP contribution in [0.5, 0.6) is 0 Å². The highest BCUT2D eigenvalue weighted by atomic mass is 16.5. The van der Waals surface area contributed by atoms with Crippen LogP contribution >= 0.6 is 0 Å². The summed E-state index contributed by atoms with van der Waals surface area (Å²) in [4.78, 5) is 11.9. The summed E-state index contributed by atoms with van der Waals surface area (Å²) in [5.74, 6) is 0.193. The van der Waals surface area contributed by atoms with Crippen LogP contribution in [0.25, 0.3) is 0 Å². The van der Waals surface area contributed by atoms with Crippen LogP contribution in [0.15, 0.2) is 11.4 Å². The summed E-state index contributed by atoms with van der Waals surface area (Å²) < 4.78 is 0. The molecule has 0 aromatic rings. The number of allylic oxidation sites excluding steroid dienone is 2. The number of amides is 1. The molecule has 16 heavy (non-hydrogen) atoms. The molecule has 0 spiro atoms. The summed E-state index contributed by atoms with van der Waals surface area (Å²) in [7, 11) is 0. The standard InChI is InChI=1S/C12H22N2O2/c1-5-9-11(6-2)14(16)12(15)10(13-9)7-8(3)4/h8,10,13,16H,5-7H2,1-4H3. The van der Waals surface area contributed by atoms with Crippen molar-refractivity contribution in [2.24, 2.45) is 5.92 Å². The normalized spacial score (nSPS) is 21.8. The van der Waals surface area contributed by atoms with Crippen molar-refractivity contribution in [3.8, 4) is 0 Å². The lowest BCUT2D eigenvalue weighted by Gasteiger charge is -2.33. The van der Waals surface area contributed by atoms with Gasteiger partial charge in [-0.3, -0.25) is 10.0 Å². The average molecular weight is 226 g/mol. The summed E-state index contributed by atoms with van der Waals surface area (Å²) >= 11 is 0. The van der Waals surface area contributed by atoms with Gasteiger partial charge in [-0.15, -0.1) is 0 Å². The summed E-state index contributed by atoms with van der Waals surface area (Å²) in [6.07, 6.45) is 2.21. The van der Waals surface area contributed by atoms with E-state index in [1.54, 1.807) is 0 Å². The molecule has 1 rings (SSSR count). The van der Waals surface area contributed by atoms with Gasteiger partial charge in [0, 0.05) is 5.70 Å². The number of carbonyl (C=O) groups excluding carboxylic acids is 1. The summed E-state index contributed by atoms with van der Waals surface area (Å²) in [6, 6.07) is -0.282. The van der Waals surface area contributed by atoms with E-state index in [0.29, 0.717) is 18.0 Å². The van der Waals surface area contributed by atoms with Crippen LogP contribution in [-0.4, -0.2) is 22.2 Å². The maximum absolute atomic E-state index is 11.9. The summed E-state index contributed by atoms with van der Waals surface area (Å²) in [5, 5.41) is 13.9. The Hall–Kier alpha value is -1.03. The molecule has 1 aliphatic heterocycles. The molecule has 0 radical (unpaired) electrons. The van der Waals surface area contributed by atoms with Crippen molar-refractivity contribution in [3.63, 3.8) is 0 Å². The average Bonchev–Trinajstić information content (AvgIpc) is 2.24. The van der Waals surface area contributed by atoms with E-state index in [9.17, 15) is 10.0 Å². The lowest BCUT2D eigenvalue weighted by molar-refractivity contribution is -0.162. The molecule has 0 aromatic heterocycles. The quantitative estimate of drug-likeness (QED) is 0.723. The number of nitrogens with zero attached hydrogens (tertiary/aromatic N) is 1. The molecule has 0 aromatic carbocycles. The molecule has 92 valence electrons. The van der Waals surface area contributed by atoms with E-state index in [4.69, 9.17) is 0 Å². The largest absolute Gasteiger partial charge is 0.375 e. The first-order valence-corrected chi connectivity index (χ1v) is 6.02. The maximum atomic E-state index is 11.9. The molecule has 0 aliphatic carbocycles. The minimum atomic E-state index is -0.282. The van der Waals surface area contributed by atoms with Crippen LogP contribution in [0.4, 0.5) is 0 Å². The molecule has 1 heterocycles. The highest BCUT2D eigenvalue weighted by Gasteiger charge is 2.32. The Morgan fingerprint density at radius 2 is 2.00 bits per heavy atom. The van der Waals surface area contributed by atoms with Crippen molar-refractivity contribution in [1.82, 2.24) is 10.4 Å². The van der Waals surface area contributed by atoms with Crippen molar-refractivity contribution in [1.29, 1.82) is 0 Å². The van der Waals surface area contributed by atoms with Crippen LogP contribution in [0, 0.1) is 5.92 Å². The number of rotatable bonds is 4. The predicted octanol–water partition coefficient (Wildman–Crippen LogP) is 2.25. The van der Waals surface area contributed by atoms with E-state index in [1.165, 1.54) is 0 Å². The van der Waals surface area contributed by atoms with Crippen molar-refractivity contribution < 1.29 is 10.0 Å². The lowest BCUT2D eigenvalue weighted by atomic mass is 9.99. The Kier molecular flexibility index (Phi) is 4.35. The molecule has 1 aliphatic rings. The second-order valence-electron chi connectivity index (χ2n) is 4.61. The van der Waals surface area contributed by atoms with Gasteiger partial charge < -0.3 is 5.32 Å². The van der Waals surface area contributed by atoms with E-state index in [0.717, 1.165) is 23.6 Å². The van der Waals surface area contributed by atoms with Crippen molar-refractivity contribution in [2.75, 3.05) is 0 Å². The zero-order chi connectivity index (χ0) is 12.3. The molecular weight excluding hydrogens is 204 g/mol. The van der Waals surface area contributed by atoms with Gasteiger partial charge >= 0.3 is 0 Å². The molecule has 0 saturated heterocycles. The number of hydroxylamine groups is 2. The molecule has 4 nitrogen and oxygen atoms in total. The fourth-order valence-corrected chi connectivity index (χ4v) is 2.06. The second kappa shape index (κ2) is 5.34. The molecule has 1 atom stereocenters. The maximum Gasteiger partial charge on any atom is 0.272 e.